The molecule has 0 bridgehead atoms. The molecule has 2 heteroatoms. The molecule has 0 aliphatic carbocycles. The van der Waals surface area contributed by atoms with Crippen molar-refractivity contribution in [2.45, 2.75) is 26.5 Å². The molecule has 48 valence electrons. The Balaban J connectivity index is 2.53. The average Bonchev–Trinajstić information content (AvgIpc) is 1.81. The molecule has 0 aliphatic heterocycles. The molecule has 0 saturated carbocycles. The molecule has 0 rings (SSSR count). The zero-order valence-corrected chi connectivity index (χ0v) is 6.04. The van der Waals surface area contributed by atoms with Gasteiger partial charge in [-0.25, -0.2) is 0 Å². The van der Waals surface area contributed by atoms with Crippen LogP contribution in [0, 0.1) is 0 Å². The van der Waals surface area contributed by atoms with Gasteiger partial charge in [0, 0.05) is 0 Å². The third-order valence-electron chi connectivity index (χ3n) is 1.13. The molecule has 0 saturated heterocycles. The highest BCUT2D eigenvalue weighted by molar-refractivity contribution is 6.33. The Hall–Kier alpha value is 0.0249. The Morgan fingerprint density at radius 1 is 1.38 bits per heavy atom. The highest BCUT2D eigenvalue weighted by atomic mass is 14.8. The van der Waals surface area contributed by atoms with Crippen molar-refractivity contribution >= 4 is 7.28 Å². The predicted octanol–water partition coefficient (Wildman–Crippen LogP) is 0.889. The van der Waals surface area contributed by atoms with E-state index in [1.165, 1.54) is 33.1 Å². The first kappa shape index (κ1) is 8.02. The summed E-state index contributed by atoms with van der Waals surface area (Å²) in [6.45, 7) is 6.79. The van der Waals surface area contributed by atoms with Crippen LogP contribution in [0.4, 0.5) is 0 Å². The van der Waals surface area contributed by atoms with Crippen molar-refractivity contribution in [2.75, 3.05) is 13.1 Å². The molecule has 0 unspecified atom stereocenters. The van der Waals surface area contributed by atoms with Gasteiger partial charge in [0.2, 0.25) is 0 Å². The quantitative estimate of drug-likeness (QED) is 0.412. The van der Waals surface area contributed by atoms with Gasteiger partial charge in [-0.15, -0.1) is 0 Å². The van der Waals surface area contributed by atoms with E-state index >= 15 is 0 Å². The van der Waals surface area contributed by atoms with E-state index in [-0.39, 0.29) is 0 Å². The molecule has 0 amide bonds. The van der Waals surface area contributed by atoms with E-state index < -0.39 is 0 Å². The van der Waals surface area contributed by atoms with Crippen LogP contribution >= 0.6 is 0 Å². The second-order valence-electron chi connectivity index (χ2n) is 2.10. The van der Waals surface area contributed by atoms with Gasteiger partial charge in [0.05, 0.1) is 0 Å². The monoisotopic (exact) mass is 113 g/mol. The normalized spacial score (nSPS) is 9.25. The smallest absolute Gasteiger partial charge is 0.119 e. The molecule has 0 aliphatic rings. The second kappa shape index (κ2) is 7.02. The number of hydrogen-bond donors (Lipinski definition) is 1. The van der Waals surface area contributed by atoms with Crippen LogP contribution in [0.1, 0.15) is 13.3 Å². The Bertz CT molecular complexity index is 33.5. The highest BCUT2D eigenvalue weighted by Gasteiger charge is 1.82. The first-order valence-corrected chi connectivity index (χ1v) is 3.62. The predicted molar refractivity (Wildman–Crippen MR) is 41.0 cm³/mol. The maximum Gasteiger partial charge on any atom is 0.119 e. The maximum atomic E-state index is 3.34. The minimum atomic E-state index is 1.18. The minimum absolute atomic E-state index is 1.18. The summed E-state index contributed by atoms with van der Waals surface area (Å²) in [5, 5.41) is 3.34. The molecule has 0 fully saturated rings. The molecule has 0 aromatic carbocycles. The van der Waals surface area contributed by atoms with Crippen LogP contribution in [0.15, 0.2) is 0 Å². The lowest BCUT2D eigenvalue weighted by atomic mass is 9.78. The first-order valence-electron chi connectivity index (χ1n) is 3.62. The van der Waals surface area contributed by atoms with Crippen molar-refractivity contribution < 1.29 is 0 Å². The third kappa shape index (κ3) is 6.02. The van der Waals surface area contributed by atoms with Crippen LogP contribution in [-0.4, -0.2) is 20.4 Å². The second-order valence-corrected chi connectivity index (χ2v) is 2.10. The van der Waals surface area contributed by atoms with Crippen molar-refractivity contribution in [1.82, 2.24) is 5.32 Å². The molecular formula is C6H16BN. The lowest BCUT2D eigenvalue weighted by Gasteiger charge is -1.97. The molecule has 0 radical (unpaired) electrons. The van der Waals surface area contributed by atoms with Gasteiger partial charge in [-0.05, 0) is 19.5 Å². The summed E-state index contributed by atoms with van der Waals surface area (Å²) in [6, 6.07) is 0. The fourth-order valence-electron chi connectivity index (χ4n) is 0.604. The van der Waals surface area contributed by atoms with Gasteiger partial charge in [0.25, 0.3) is 0 Å². The molecule has 0 aromatic rings. The summed E-state index contributed by atoms with van der Waals surface area (Å²) in [7, 11) is 1.30. The van der Waals surface area contributed by atoms with Crippen LogP contribution in [-0.2, 0) is 0 Å². The van der Waals surface area contributed by atoms with Gasteiger partial charge in [-0.3, -0.25) is 0 Å². The lowest BCUT2D eigenvalue weighted by Crippen LogP contribution is -2.16. The van der Waals surface area contributed by atoms with Crippen molar-refractivity contribution in [2.24, 2.45) is 0 Å². The summed E-state index contributed by atoms with van der Waals surface area (Å²) >= 11 is 0. The molecule has 0 aromatic heterocycles. The van der Waals surface area contributed by atoms with Crippen LogP contribution in [0.3, 0.4) is 0 Å². The Kier molecular flexibility index (Phi) is 7.05. The van der Waals surface area contributed by atoms with Crippen LogP contribution in [0.5, 0.6) is 0 Å². The minimum Gasteiger partial charge on any atom is -0.317 e. The van der Waals surface area contributed by atoms with E-state index in [2.05, 4.69) is 19.1 Å². The maximum absolute atomic E-state index is 3.34. The zero-order chi connectivity index (χ0) is 6.24. The molecule has 8 heavy (non-hydrogen) atoms. The Morgan fingerprint density at radius 3 is 2.62 bits per heavy atom. The largest absolute Gasteiger partial charge is 0.317 e. The van der Waals surface area contributed by atoms with E-state index in [0.29, 0.717) is 0 Å². The SMILES string of the molecule is CBCCNCCC. The molecule has 0 atom stereocenters. The van der Waals surface area contributed by atoms with Gasteiger partial charge in [0.1, 0.15) is 7.28 Å². The molecule has 0 heterocycles. The van der Waals surface area contributed by atoms with E-state index in [0.717, 1.165) is 0 Å². The van der Waals surface area contributed by atoms with Gasteiger partial charge < -0.3 is 5.32 Å². The summed E-state index contributed by atoms with van der Waals surface area (Å²) in [5.41, 5.74) is 0. The van der Waals surface area contributed by atoms with Gasteiger partial charge in [-0.2, -0.15) is 0 Å². The fraction of sp³-hybridized carbons (Fsp3) is 1.00. The topological polar surface area (TPSA) is 12.0 Å². The van der Waals surface area contributed by atoms with Crippen LogP contribution in [0.2, 0.25) is 13.1 Å². The first-order chi connectivity index (χ1) is 3.91. The lowest BCUT2D eigenvalue weighted by molar-refractivity contribution is 0.702. The van der Waals surface area contributed by atoms with Gasteiger partial charge in [-0.1, -0.05) is 20.1 Å². The number of hydrogen-bond acceptors (Lipinski definition) is 1. The van der Waals surface area contributed by atoms with Crippen molar-refractivity contribution in [3.8, 4) is 0 Å². The number of rotatable bonds is 5. The van der Waals surface area contributed by atoms with E-state index in [1.54, 1.807) is 0 Å². The summed E-state index contributed by atoms with van der Waals surface area (Å²) in [5.74, 6) is 0. The van der Waals surface area contributed by atoms with Gasteiger partial charge in [0.15, 0.2) is 0 Å². The molecule has 1 nitrogen and oxygen atoms in total. The van der Waals surface area contributed by atoms with E-state index in [9.17, 15) is 0 Å². The van der Waals surface area contributed by atoms with Crippen molar-refractivity contribution in [3.63, 3.8) is 0 Å². The third-order valence-corrected chi connectivity index (χ3v) is 1.13. The number of nitrogens with one attached hydrogen (secondary N) is 1. The van der Waals surface area contributed by atoms with E-state index in [1.807, 2.05) is 0 Å². The standard InChI is InChI=1S/C6H16BN/c1-3-5-8-6-4-7-2/h7-8H,3-6H2,1-2H3. The molecule has 1 N–H and O–H groups in total. The van der Waals surface area contributed by atoms with Crippen molar-refractivity contribution in [3.05, 3.63) is 0 Å². The molecule has 0 spiro atoms. The molecular weight excluding hydrogens is 96.9 g/mol. The summed E-state index contributed by atoms with van der Waals surface area (Å²) < 4.78 is 0. The van der Waals surface area contributed by atoms with Crippen molar-refractivity contribution in [1.29, 1.82) is 0 Å². The van der Waals surface area contributed by atoms with Gasteiger partial charge >= 0.3 is 0 Å². The average molecular weight is 113 g/mol. The Labute approximate surface area is 53.1 Å². The van der Waals surface area contributed by atoms with Crippen LogP contribution < -0.4 is 5.32 Å². The highest BCUT2D eigenvalue weighted by Crippen LogP contribution is 1.74. The van der Waals surface area contributed by atoms with E-state index in [4.69, 9.17) is 0 Å². The Morgan fingerprint density at radius 2 is 2.12 bits per heavy atom. The zero-order valence-electron chi connectivity index (χ0n) is 6.04. The fourth-order valence-corrected chi connectivity index (χ4v) is 0.604. The van der Waals surface area contributed by atoms with Crippen LogP contribution in [0.25, 0.3) is 0 Å². The summed E-state index contributed by atoms with van der Waals surface area (Å²) in [6.07, 6.45) is 2.57. The summed E-state index contributed by atoms with van der Waals surface area (Å²) in [4.78, 5) is 0.